The van der Waals surface area contributed by atoms with Crippen molar-refractivity contribution in [1.82, 2.24) is 0 Å². The van der Waals surface area contributed by atoms with Gasteiger partial charge in [0, 0.05) is 0 Å². The second-order valence-corrected chi connectivity index (χ2v) is 12.2. The normalized spacial score (nSPS) is 12.0. The molecule has 0 aromatic heterocycles. The van der Waals surface area contributed by atoms with Crippen LogP contribution in [0.5, 0.6) is 0 Å². The van der Waals surface area contributed by atoms with Gasteiger partial charge in [0.25, 0.3) is 0 Å². The first-order valence-electron chi connectivity index (χ1n) is 10.9. The van der Waals surface area contributed by atoms with Crippen LogP contribution in [0.2, 0.25) is 4.73 Å². The molecule has 0 amide bonds. The topological polar surface area (TPSA) is 27.7 Å². The molecule has 0 radical (unpaired) electrons. The average molecular weight is 394 g/mol. The Labute approximate surface area is 163 Å². The average Bonchev–Trinajstić information content (AvgIpc) is 2.65. The van der Waals surface area contributed by atoms with E-state index in [1.54, 1.807) is 21.3 Å². The van der Waals surface area contributed by atoms with E-state index >= 15 is 0 Å². The second kappa shape index (κ2) is 19.4. The van der Waals surface area contributed by atoms with Crippen LogP contribution in [0.3, 0.4) is 0 Å². The molecule has 152 valence electrons. The third-order valence-corrected chi connectivity index (χ3v) is 9.69. The van der Waals surface area contributed by atoms with Crippen molar-refractivity contribution in [2.75, 3.05) is 21.3 Å². The van der Waals surface area contributed by atoms with Crippen LogP contribution >= 0.6 is 0 Å². The molecular weight excluding hydrogens is 348 g/mol. The first kappa shape index (κ1) is 25.6. The Bertz CT molecular complexity index is 249. The van der Waals surface area contributed by atoms with Crippen LogP contribution in [0.1, 0.15) is 110 Å². The van der Waals surface area contributed by atoms with Crippen molar-refractivity contribution in [3.63, 3.8) is 0 Å². The number of hydrogen-bond acceptors (Lipinski definition) is 3. The summed E-state index contributed by atoms with van der Waals surface area (Å²) in [5.74, 6) is 0. The molecule has 0 saturated heterocycles. The van der Waals surface area contributed by atoms with Gasteiger partial charge >= 0.3 is 124 Å². The molecule has 0 aliphatic rings. The minimum absolute atomic E-state index is 0.988. The molecule has 0 rings (SSSR count). The Morgan fingerprint density at radius 2 is 0.720 bits per heavy atom. The summed E-state index contributed by atoms with van der Waals surface area (Å²) >= 11 is -2.85. The fourth-order valence-corrected chi connectivity index (χ4v) is 6.25. The summed E-state index contributed by atoms with van der Waals surface area (Å²) in [7, 11) is 5.17. The number of hydrogen-bond donors (Lipinski definition) is 0. The Kier molecular flexibility index (Phi) is 19.8. The predicted molar refractivity (Wildman–Crippen MR) is 105 cm³/mol. The summed E-state index contributed by atoms with van der Waals surface area (Å²) in [5.41, 5.74) is 0. The molecule has 0 fully saturated rings. The van der Waals surface area contributed by atoms with Crippen LogP contribution < -0.4 is 0 Å². The van der Waals surface area contributed by atoms with Crippen LogP contribution in [0.25, 0.3) is 0 Å². The Morgan fingerprint density at radius 1 is 0.440 bits per heavy atom. The molecular formula is C21H46O3Ti. The van der Waals surface area contributed by atoms with E-state index in [0.29, 0.717) is 0 Å². The van der Waals surface area contributed by atoms with E-state index in [1.165, 1.54) is 103 Å². The van der Waals surface area contributed by atoms with E-state index in [0.717, 1.165) is 4.73 Å². The monoisotopic (exact) mass is 394 g/mol. The van der Waals surface area contributed by atoms with Crippen LogP contribution in [-0.2, 0) is 27.7 Å². The fraction of sp³-hybridized carbons (Fsp3) is 1.00. The van der Waals surface area contributed by atoms with Crippen molar-refractivity contribution < 1.29 is 27.7 Å². The number of unbranched alkanes of at least 4 members (excludes halogenated alkanes) is 15. The summed E-state index contributed by atoms with van der Waals surface area (Å²) in [4.78, 5) is 0. The van der Waals surface area contributed by atoms with Crippen molar-refractivity contribution >= 4 is 0 Å². The fourth-order valence-electron chi connectivity index (χ4n) is 3.45. The van der Waals surface area contributed by atoms with Gasteiger partial charge < -0.3 is 0 Å². The van der Waals surface area contributed by atoms with Crippen LogP contribution in [0.4, 0.5) is 0 Å². The van der Waals surface area contributed by atoms with Gasteiger partial charge in [0.15, 0.2) is 0 Å². The predicted octanol–water partition coefficient (Wildman–Crippen LogP) is 7.50. The Hall–Kier alpha value is 0.594. The zero-order valence-electron chi connectivity index (χ0n) is 17.7. The summed E-state index contributed by atoms with van der Waals surface area (Å²) < 4.78 is 17.5. The molecule has 0 atom stereocenters. The van der Waals surface area contributed by atoms with Gasteiger partial charge in [0.2, 0.25) is 0 Å². The van der Waals surface area contributed by atoms with Gasteiger partial charge in [-0.05, 0) is 0 Å². The molecule has 0 unspecified atom stereocenters. The van der Waals surface area contributed by atoms with Gasteiger partial charge in [-0.2, -0.15) is 0 Å². The molecule has 0 N–H and O–H groups in total. The third-order valence-electron chi connectivity index (χ3n) is 5.27. The summed E-state index contributed by atoms with van der Waals surface area (Å²) in [6, 6.07) is 0. The molecule has 0 aromatic carbocycles. The van der Waals surface area contributed by atoms with Crippen molar-refractivity contribution in [2.24, 2.45) is 0 Å². The van der Waals surface area contributed by atoms with Crippen LogP contribution in [0, 0.1) is 0 Å². The number of rotatable bonds is 20. The van der Waals surface area contributed by atoms with Gasteiger partial charge in [-0.15, -0.1) is 0 Å². The first-order valence-corrected chi connectivity index (χ1v) is 13.9. The van der Waals surface area contributed by atoms with Crippen LogP contribution in [-0.4, -0.2) is 21.3 Å². The van der Waals surface area contributed by atoms with Gasteiger partial charge in [-0.3, -0.25) is 0 Å². The Balaban J connectivity index is 3.21. The zero-order valence-corrected chi connectivity index (χ0v) is 19.3. The van der Waals surface area contributed by atoms with E-state index in [2.05, 4.69) is 6.92 Å². The summed E-state index contributed by atoms with van der Waals surface area (Å²) in [6.45, 7) is 2.29. The summed E-state index contributed by atoms with van der Waals surface area (Å²) in [5, 5.41) is 0. The van der Waals surface area contributed by atoms with E-state index in [9.17, 15) is 0 Å². The van der Waals surface area contributed by atoms with Gasteiger partial charge in [-0.1, -0.05) is 39.0 Å². The van der Waals surface area contributed by atoms with Crippen LogP contribution in [0.15, 0.2) is 0 Å². The molecule has 0 spiro atoms. The first-order chi connectivity index (χ1) is 12.2. The minimum atomic E-state index is -2.85. The van der Waals surface area contributed by atoms with E-state index in [1.807, 2.05) is 0 Å². The molecule has 3 nitrogen and oxygen atoms in total. The molecule has 4 heteroatoms. The Morgan fingerprint density at radius 3 is 1.00 bits per heavy atom. The van der Waals surface area contributed by atoms with E-state index in [4.69, 9.17) is 9.96 Å². The molecule has 0 saturated carbocycles. The quantitative estimate of drug-likeness (QED) is 0.158. The van der Waals surface area contributed by atoms with Gasteiger partial charge in [0.1, 0.15) is 0 Å². The maximum absolute atomic E-state index is 5.50. The second-order valence-electron chi connectivity index (χ2n) is 7.35. The third kappa shape index (κ3) is 15.4. The van der Waals surface area contributed by atoms with Gasteiger partial charge in [-0.25, -0.2) is 0 Å². The van der Waals surface area contributed by atoms with Crippen molar-refractivity contribution in [1.29, 1.82) is 0 Å². The molecule has 0 bridgehead atoms. The standard InChI is InChI=1S/C18H37.3CH3O.Ti/c1-3-5-7-9-11-13-15-17-18-16-14-12-10-8-6-4-2;3*1-2;/h1,3-18H2,2H3;3*1H3;/q;3*-1;+3. The molecule has 0 aliphatic carbocycles. The van der Waals surface area contributed by atoms with Crippen molar-refractivity contribution in [3.8, 4) is 0 Å². The van der Waals surface area contributed by atoms with Crippen molar-refractivity contribution in [3.05, 3.63) is 0 Å². The molecule has 0 aliphatic heterocycles. The van der Waals surface area contributed by atoms with Crippen molar-refractivity contribution in [2.45, 2.75) is 114 Å². The van der Waals surface area contributed by atoms with E-state index < -0.39 is 17.8 Å². The SMILES string of the molecule is CCCCCCCCCCCCCCCCC[CH2][Ti]([O]C)([O]C)[O]C. The molecule has 25 heavy (non-hydrogen) atoms. The molecule has 0 heterocycles. The van der Waals surface area contributed by atoms with E-state index in [-0.39, 0.29) is 0 Å². The molecule has 0 aromatic rings. The maximum atomic E-state index is 5.50. The van der Waals surface area contributed by atoms with Gasteiger partial charge in [0.05, 0.1) is 0 Å². The summed E-state index contributed by atoms with van der Waals surface area (Å²) in [6.07, 6.45) is 22.4. The zero-order chi connectivity index (χ0) is 18.6.